The first kappa shape index (κ1) is 11.6. The van der Waals surface area contributed by atoms with Crippen molar-refractivity contribution in [2.45, 2.75) is 6.54 Å². The van der Waals surface area contributed by atoms with Gasteiger partial charge in [-0.1, -0.05) is 18.2 Å². The van der Waals surface area contributed by atoms with Crippen molar-refractivity contribution in [3.8, 4) is 11.5 Å². The van der Waals surface area contributed by atoms with Gasteiger partial charge in [0.1, 0.15) is 0 Å². The number of fused-ring (bicyclic) bond motifs is 2. The summed E-state index contributed by atoms with van der Waals surface area (Å²) in [6.07, 6.45) is 0. The topological polar surface area (TPSA) is 33.7 Å². The van der Waals surface area contributed by atoms with E-state index >= 15 is 0 Å². The average Bonchev–Trinajstić information content (AvgIpc) is 2.85. The minimum Gasteiger partial charge on any atom is -0.454 e. The van der Waals surface area contributed by atoms with E-state index in [9.17, 15) is 0 Å². The highest BCUT2D eigenvalue weighted by Gasteiger charge is 2.19. The van der Waals surface area contributed by atoms with E-state index in [1.54, 1.807) is 0 Å². The molecule has 2 aromatic rings. The van der Waals surface area contributed by atoms with Crippen molar-refractivity contribution in [3.05, 3.63) is 48.0 Å². The van der Waals surface area contributed by atoms with Gasteiger partial charge in [0.25, 0.3) is 0 Å². The van der Waals surface area contributed by atoms with Crippen molar-refractivity contribution in [1.29, 1.82) is 0 Å². The minimum absolute atomic E-state index is 0.316. The Morgan fingerprint density at radius 3 is 2.90 bits per heavy atom. The third kappa shape index (κ3) is 1.89. The zero-order valence-electron chi connectivity index (χ0n) is 11.1. The number of ether oxygens (including phenoxy) is 2. The van der Waals surface area contributed by atoms with Crippen molar-refractivity contribution in [3.63, 3.8) is 0 Å². The Bertz CT molecular complexity index is 642. The van der Waals surface area contributed by atoms with Crippen LogP contribution in [0.5, 0.6) is 11.5 Å². The largest absolute Gasteiger partial charge is 0.454 e. The van der Waals surface area contributed by atoms with Crippen LogP contribution in [0.15, 0.2) is 42.5 Å². The summed E-state index contributed by atoms with van der Waals surface area (Å²) >= 11 is 0. The number of nitrogens with one attached hydrogen (secondary N) is 1. The molecule has 2 aromatic carbocycles. The van der Waals surface area contributed by atoms with Crippen LogP contribution in [-0.2, 0) is 6.54 Å². The lowest BCUT2D eigenvalue weighted by Crippen LogP contribution is -2.24. The Morgan fingerprint density at radius 1 is 1.00 bits per heavy atom. The summed E-state index contributed by atoms with van der Waals surface area (Å²) in [5, 5.41) is 3.46. The lowest BCUT2D eigenvalue weighted by molar-refractivity contribution is 0.174. The van der Waals surface area contributed by atoms with Gasteiger partial charge < -0.3 is 19.7 Å². The summed E-state index contributed by atoms with van der Waals surface area (Å²) in [5.41, 5.74) is 3.73. The number of hydrogen-bond donors (Lipinski definition) is 1. The molecule has 0 radical (unpaired) electrons. The first-order valence-corrected chi connectivity index (χ1v) is 6.88. The van der Waals surface area contributed by atoms with Gasteiger partial charge in [-0.2, -0.15) is 0 Å². The average molecular weight is 268 g/mol. The number of benzene rings is 2. The fraction of sp³-hybridized carbons (Fsp3) is 0.250. The molecule has 0 amide bonds. The number of anilines is 2. The zero-order valence-corrected chi connectivity index (χ0v) is 11.1. The Morgan fingerprint density at radius 2 is 1.90 bits per heavy atom. The van der Waals surface area contributed by atoms with E-state index in [1.165, 1.54) is 11.3 Å². The number of hydrogen-bond acceptors (Lipinski definition) is 4. The molecule has 4 heteroatoms. The predicted octanol–water partition coefficient (Wildman–Crippen LogP) is 2.66. The zero-order chi connectivity index (χ0) is 13.4. The summed E-state index contributed by atoms with van der Waals surface area (Å²) < 4.78 is 10.9. The SMILES string of the molecule is c1ccc2c(c1)CNCCN2c1ccc2c(c1)OCO2. The lowest BCUT2D eigenvalue weighted by atomic mass is 10.1. The fourth-order valence-electron chi connectivity index (χ4n) is 2.78. The van der Waals surface area contributed by atoms with Crippen molar-refractivity contribution >= 4 is 11.4 Å². The highest BCUT2D eigenvalue weighted by molar-refractivity contribution is 5.69. The molecule has 102 valence electrons. The molecular weight excluding hydrogens is 252 g/mol. The van der Waals surface area contributed by atoms with E-state index in [4.69, 9.17) is 9.47 Å². The molecule has 0 aromatic heterocycles. The van der Waals surface area contributed by atoms with Gasteiger partial charge in [0.15, 0.2) is 11.5 Å². The molecule has 0 fully saturated rings. The highest BCUT2D eigenvalue weighted by Crippen LogP contribution is 2.38. The summed E-state index contributed by atoms with van der Waals surface area (Å²) in [7, 11) is 0. The molecule has 2 aliphatic heterocycles. The Hall–Kier alpha value is -2.20. The molecule has 0 atom stereocenters. The maximum absolute atomic E-state index is 5.48. The number of rotatable bonds is 1. The van der Waals surface area contributed by atoms with E-state index in [0.717, 1.165) is 36.8 Å². The number of para-hydroxylation sites is 1. The van der Waals surface area contributed by atoms with Crippen LogP contribution in [0.2, 0.25) is 0 Å². The monoisotopic (exact) mass is 268 g/mol. The van der Waals surface area contributed by atoms with Gasteiger partial charge in [-0.3, -0.25) is 0 Å². The Kier molecular flexibility index (Phi) is 2.74. The molecule has 2 aliphatic rings. The molecule has 20 heavy (non-hydrogen) atoms. The van der Waals surface area contributed by atoms with E-state index in [2.05, 4.69) is 46.6 Å². The van der Waals surface area contributed by atoms with Gasteiger partial charge >= 0.3 is 0 Å². The predicted molar refractivity (Wildman–Crippen MR) is 77.7 cm³/mol. The lowest BCUT2D eigenvalue weighted by Gasteiger charge is -2.24. The Balaban J connectivity index is 1.78. The standard InChI is InChI=1S/C16H16N2O2/c1-2-4-14-12(3-1)10-17-7-8-18(14)13-5-6-15-16(9-13)20-11-19-15/h1-6,9,17H,7-8,10-11H2. The Labute approximate surface area is 117 Å². The third-order valence-corrected chi connectivity index (χ3v) is 3.78. The van der Waals surface area contributed by atoms with Gasteiger partial charge in [-0.25, -0.2) is 0 Å². The molecule has 0 unspecified atom stereocenters. The van der Waals surface area contributed by atoms with Crippen LogP contribution in [-0.4, -0.2) is 19.9 Å². The molecule has 0 aliphatic carbocycles. The molecular formula is C16H16N2O2. The molecule has 1 N–H and O–H groups in total. The van der Waals surface area contributed by atoms with Crippen molar-refractivity contribution in [2.24, 2.45) is 0 Å². The second-order valence-corrected chi connectivity index (χ2v) is 4.99. The number of nitrogens with zero attached hydrogens (tertiary/aromatic N) is 1. The molecule has 4 rings (SSSR count). The molecule has 2 heterocycles. The fourth-order valence-corrected chi connectivity index (χ4v) is 2.78. The van der Waals surface area contributed by atoms with Gasteiger partial charge in [0, 0.05) is 37.1 Å². The second kappa shape index (κ2) is 4.72. The van der Waals surface area contributed by atoms with E-state index in [-0.39, 0.29) is 0 Å². The van der Waals surface area contributed by atoms with Crippen molar-refractivity contribution in [1.82, 2.24) is 5.32 Å². The van der Waals surface area contributed by atoms with Crippen LogP contribution in [0.4, 0.5) is 11.4 Å². The normalized spacial score (nSPS) is 16.7. The smallest absolute Gasteiger partial charge is 0.231 e. The van der Waals surface area contributed by atoms with Crippen LogP contribution in [0.25, 0.3) is 0 Å². The first-order chi connectivity index (χ1) is 9.92. The highest BCUT2D eigenvalue weighted by atomic mass is 16.7. The summed E-state index contributed by atoms with van der Waals surface area (Å²) in [6.45, 7) is 3.13. The molecule has 0 spiro atoms. The second-order valence-electron chi connectivity index (χ2n) is 4.99. The molecule has 0 saturated carbocycles. The van der Waals surface area contributed by atoms with Crippen LogP contribution < -0.4 is 19.7 Å². The molecule has 0 saturated heterocycles. The first-order valence-electron chi connectivity index (χ1n) is 6.88. The summed E-state index contributed by atoms with van der Waals surface area (Å²) in [5.74, 6) is 1.66. The summed E-state index contributed by atoms with van der Waals surface area (Å²) in [6, 6.07) is 14.7. The van der Waals surface area contributed by atoms with Crippen molar-refractivity contribution in [2.75, 3.05) is 24.8 Å². The van der Waals surface area contributed by atoms with E-state index in [1.807, 2.05) is 6.07 Å². The minimum atomic E-state index is 0.316. The van der Waals surface area contributed by atoms with Crippen LogP contribution in [0, 0.1) is 0 Å². The maximum atomic E-state index is 5.48. The maximum Gasteiger partial charge on any atom is 0.231 e. The van der Waals surface area contributed by atoms with E-state index < -0.39 is 0 Å². The van der Waals surface area contributed by atoms with Gasteiger partial charge in [0.2, 0.25) is 6.79 Å². The third-order valence-electron chi connectivity index (χ3n) is 3.78. The van der Waals surface area contributed by atoms with Gasteiger partial charge in [0.05, 0.1) is 0 Å². The van der Waals surface area contributed by atoms with Gasteiger partial charge in [-0.05, 0) is 23.8 Å². The molecule has 0 bridgehead atoms. The van der Waals surface area contributed by atoms with Crippen LogP contribution >= 0.6 is 0 Å². The van der Waals surface area contributed by atoms with E-state index in [0.29, 0.717) is 6.79 Å². The quantitative estimate of drug-likeness (QED) is 0.862. The van der Waals surface area contributed by atoms with Crippen LogP contribution in [0.1, 0.15) is 5.56 Å². The van der Waals surface area contributed by atoms with Crippen LogP contribution in [0.3, 0.4) is 0 Å². The molecule has 4 nitrogen and oxygen atoms in total. The van der Waals surface area contributed by atoms with Gasteiger partial charge in [-0.15, -0.1) is 0 Å². The van der Waals surface area contributed by atoms with Crippen molar-refractivity contribution < 1.29 is 9.47 Å². The summed E-state index contributed by atoms with van der Waals surface area (Å²) in [4.78, 5) is 2.33.